The molecule has 0 radical (unpaired) electrons. The van der Waals surface area contributed by atoms with Crippen LogP contribution in [-0.2, 0) is 6.42 Å². The Morgan fingerprint density at radius 1 is 1.00 bits per heavy atom. The first-order valence-corrected chi connectivity index (χ1v) is 10.1. The molecule has 2 aromatic carbocycles. The number of methoxy groups -OCH3 is 3. The van der Waals surface area contributed by atoms with Gasteiger partial charge in [-0.1, -0.05) is 18.2 Å². The molecule has 4 rings (SSSR count). The Morgan fingerprint density at radius 2 is 1.78 bits per heavy atom. The van der Waals surface area contributed by atoms with E-state index in [9.17, 15) is 9.59 Å². The zero-order valence-electron chi connectivity index (χ0n) is 18.0. The van der Waals surface area contributed by atoms with Crippen LogP contribution in [0.3, 0.4) is 0 Å². The zero-order chi connectivity index (χ0) is 22.7. The molecule has 0 saturated heterocycles. The van der Waals surface area contributed by atoms with Crippen LogP contribution in [0.25, 0.3) is 0 Å². The van der Waals surface area contributed by atoms with Gasteiger partial charge in [0.2, 0.25) is 5.95 Å². The standard InChI is InChI=1S/C24H23N3O5/c1-30-15-8-9-16(22(12-15)32-3)14-10-19-18(20(28)11-14)13-25-24(26-19)27-23(29)17-6-4-5-7-21(17)31-2/h4-9,12-14H,10-11H2,1-3H3,(H,25,26,27,29)/t14-/m1/s1. The molecule has 0 aliphatic heterocycles. The summed E-state index contributed by atoms with van der Waals surface area (Å²) in [5, 5.41) is 2.70. The third-order valence-corrected chi connectivity index (χ3v) is 5.50. The van der Waals surface area contributed by atoms with Crippen LogP contribution in [0.1, 0.15) is 44.3 Å². The van der Waals surface area contributed by atoms with Gasteiger partial charge in [0.05, 0.1) is 38.2 Å². The number of benzene rings is 2. The molecule has 1 heterocycles. The number of rotatable bonds is 6. The number of fused-ring (bicyclic) bond motifs is 1. The first kappa shape index (κ1) is 21.3. The SMILES string of the molecule is COc1ccc([C@H]2CC(=O)c3cnc(NC(=O)c4ccccc4OC)nc3C2)c(OC)c1. The highest BCUT2D eigenvalue weighted by Gasteiger charge is 2.30. The van der Waals surface area contributed by atoms with E-state index in [0.717, 1.165) is 5.56 Å². The summed E-state index contributed by atoms with van der Waals surface area (Å²) in [6, 6.07) is 12.4. The largest absolute Gasteiger partial charge is 0.497 e. The minimum absolute atomic E-state index is 0.0447. The fourth-order valence-corrected chi connectivity index (χ4v) is 3.88. The van der Waals surface area contributed by atoms with E-state index >= 15 is 0 Å². The van der Waals surface area contributed by atoms with Crippen LogP contribution in [0.5, 0.6) is 17.2 Å². The number of hydrogen-bond donors (Lipinski definition) is 1. The number of nitrogens with zero attached hydrogens (tertiary/aromatic N) is 2. The van der Waals surface area contributed by atoms with E-state index in [0.29, 0.717) is 46.9 Å². The number of nitrogens with one attached hydrogen (secondary N) is 1. The molecule has 8 nitrogen and oxygen atoms in total. The van der Waals surface area contributed by atoms with Gasteiger partial charge < -0.3 is 14.2 Å². The molecule has 0 spiro atoms. The second kappa shape index (κ2) is 9.05. The maximum atomic E-state index is 12.8. The molecular weight excluding hydrogens is 410 g/mol. The van der Waals surface area contributed by atoms with Crippen molar-refractivity contribution in [2.24, 2.45) is 0 Å². The summed E-state index contributed by atoms with van der Waals surface area (Å²) in [5.74, 6) is 1.37. The number of para-hydroxylation sites is 1. The highest BCUT2D eigenvalue weighted by molar-refractivity contribution is 6.05. The van der Waals surface area contributed by atoms with Crippen molar-refractivity contribution in [3.63, 3.8) is 0 Å². The van der Waals surface area contributed by atoms with E-state index in [1.165, 1.54) is 13.3 Å². The number of anilines is 1. The van der Waals surface area contributed by atoms with Gasteiger partial charge in [0.25, 0.3) is 5.91 Å². The van der Waals surface area contributed by atoms with Gasteiger partial charge in [0.15, 0.2) is 5.78 Å². The maximum Gasteiger partial charge on any atom is 0.261 e. The molecule has 0 saturated carbocycles. The first-order chi connectivity index (χ1) is 15.5. The van der Waals surface area contributed by atoms with Gasteiger partial charge in [-0.2, -0.15) is 0 Å². The molecule has 1 aliphatic rings. The number of ketones is 1. The quantitative estimate of drug-likeness (QED) is 0.633. The Hall–Kier alpha value is -3.94. The van der Waals surface area contributed by atoms with Gasteiger partial charge in [-0.25, -0.2) is 9.97 Å². The molecule has 0 fully saturated rings. The third kappa shape index (κ3) is 4.12. The molecule has 0 unspecified atom stereocenters. The lowest BCUT2D eigenvalue weighted by atomic mass is 9.82. The Bertz CT molecular complexity index is 1180. The van der Waals surface area contributed by atoms with E-state index in [2.05, 4.69) is 15.3 Å². The summed E-state index contributed by atoms with van der Waals surface area (Å²) in [6.45, 7) is 0. The zero-order valence-corrected chi connectivity index (χ0v) is 18.0. The van der Waals surface area contributed by atoms with Crippen molar-refractivity contribution < 1.29 is 23.8 Å². The molecule has 164 valence electrons. The number of ether oxygens (including phenoxy) is 3. The summed E-state index contributed by atoms with van der Waals surface area (Å²) < 4.78 is 16.0. The average molecular weight is 433 g/mol. The van der Waals surface area contributed by atoms with Crippen LogP contribution < -0.4 is 19.5 Å². The Balaban J connectivity index is 1.60. The minimum atomic E-state index is -0.391. The van der Waals surface area contributed by atoms with Crippen molar-refractivity contribution in [3.05, 3.63) is 71.0 Å². The monoisotopic (exact) mass is 433 g/mol. The van der Waals surface area contributed by atoms with Crippen LogP contribution in [0.2, 0.25) is 0 Å². The number of carbonyl (C=O) groups is 2. The van der Waals surface area contributed by atoms with Crippen molar-refractivity contribution >= 4 is 17.6 Å². The van der Waals surface area contributed by atoms with Gasteiger partial charge >= 0.3 is 0 Å². The molecule has 3 aromatic rings. The number of carbonyl (C=O) groups excluding carboxylic acids is 2. The lowest BCUT2D eigenvalue weighted by Gasteiger charge is -2.25. The Labute approximate surface area is 185 Å². The van der Waals surface area contributed by atoms with Gasteiger partial charge in [-0.15, -0.1) is 0 Å². The maximum absolute atomic E-state index is 12.8. The smallest absolute Gasteiger partial charge is 0.261 e. The molecular formula is C24H23N3O5. The Kier molecular flexibility index (Phi) is 6.02. The van der Waals surface area contributed by atoms with Crippen LogP contribution in [0.15, 0.2) is 48.7 Å². The lowest BCUT2D eigenvalue weighted by Crippen LogP contribution is -2.23. The first-order valence-electron chi connectivity index (χ1n) is 10.1. The van der Waals surface area contributed by atoms with Crippen molar-refractivity contribution in [2.45, 2.75) is 18.8 Å². The van der Waals surface area contributed by atoms with Crippen molar-refractivity contribution in [1.82, 2.24) is 9.97 Å². The average Bonchev–Trinajstić information content (AvgIpc) is 2.83. The predicted molar refractivity (Wildman–Crippen MR) is 118 cm³/mol. The summed E-state index contributed by atoms with van der Waals surface area (Å²) in [5.41, 5.74) is 2.34. The van der Waals surface area contributed by atoms with Crippen LogP contribution in [0.4, 0.5) is 5.95 Å². The highest BCUT2D eigenvalue weighted by atomic mass is 16.5. The number of aromatic nitrogens is 2. The van der Waals surface area contributed by atoms with Crippen LogP contribution >= 0.6 is 0 Å². The molecule has 1 atom stereocenters. The van der Waals surface area contributed by atoms with Gasteiger partial charge in [-0.3, -0.25) is 14.9 Å². The predicted octanol–water partition coefficient (Wildman–Crippen LogP) is 3.67. The summed E-state index contributed by atoms with van der Waals surface area (Å²) >= 11 is 0. The second-order valence-corrected chi connectivity index (χ2v) is 7.34. The molecule has 8 heteroatoms. The van der Waals surface area contributed by atoms with E-state index in [1.807, 2.05) is 12.1 Å². The Morgan fingerprint density at radius 3 is 2.53 bits per heavy atom. The van der Waals surface area contributed by atoms with E-state index in [-0.39, 0.29) is 17.6 Å². The van der Waals surface area contributed by atoms with Crippen LogP contribution in [0, 0.1) is 0 Å². The molecule has 32 heavy (non-hydrogen) atoms. The van der Waals surface area contributed by atoms with Crippen molar-refractivity contribution in [1.29, 1.82) is 0 Å². The van der Waals surface area contributed by atoms with Gasteiger partial charge in [0.1, 0.15) is 17.2 Å². The second-order valence-electron chi connectivity index (χ2n) is 7.34. The highest BCUT2D eigenvalue weighted by Crippen LogP contribution is 2.38. The molecule has 1 aromatic heterocycles. The minimum Gasteiger partial charge on any atom is -0.497 e. The van der Waals surface area contributed by atoms with Crippen molar-refractivity contribution in [3.8, 4) is 17.2 Å². The van der Waals surface area contributed by atoms with E-state index < -0.39 is 5.91 Å². The van der Waals surface area contributed by atoms with Crippen LogP contribution in [-0.4, -0.2) is 43.0 Å². The third-order valence-electron chi connectivity index (χ3n) is 5.50. The molecule has 0 bridgehead atoms. The lowest BCUT2D eigenvalue weighted by molar-refractivity contribution is 0.0962. The van der Waals surface area contributed by atoms with Gasteiger partial charge in [-0.05, 0) is 30.2 Å². The van der Waals surface area contributed by atoms with E-state index in [1.54, 1.807) is 44.6 Å². The molecule has 1 amide bonds. The summed E-state index contributed by atoms with van der Waals surface area (Å²) in [7, 11) is 4.68. The fraction of sp³-hybridized carbons (Fsp3) is 0.250. The molecule has 1 N–H and O–H groups in total. The fourth-order valence-electron chi connectivity index (χ4n) is 3.88. The van der Waals surface area contributed by atoms with E-state index in [4.69, 9.17) is 14.2 Å². The number of hydrogen-bond acceptors (Lipinski definition) is 7. The van der Waals surface area contributed by atoms with Crippen molar-refractivity contribution in [2.75, 3.05) is 26.6 Å². The summed E-state index contributed by atoms with van der Waals surface area (Å²) in [6.07, 6.45) is 2.32. The number of amides is 1. The normalized spacial score (nSPS) is 15.0. The number of Topliss-reactive ketones (excluding diaryl/α,β-unsaturated/α-hetero) is 1. The topological polar surface area (TPSA) is 99.6 Å². The van der Waals surface area contributed by atoms with Gasteiger partial charge in [0, 0.05) is 24.6 Å². The summed E-state index contributed by atoms with van der Waals surface area (Å²) in [4.78, 5) is 34.1. The molecule has 1 aliphatic carbocycles.